The zero-order chi connectivity index (χ0) is 19.8. The van der Waals surface area contributed by atoms with E-state index in [1.807, 2.05) is 69.3 Å². The third-order valence-corrected chi connectivity index (χ3v) is 5.82. The van der Waals surface area contributed by atoms with Gasteiger partial charge in [-0.05, 0) is 44.0 Å². The van der Waals surface area contributed by atoms with Gasteiger partial charge in [-0.25, -0.2) is 9.88 Å². The van der Waals surface area contributed by atoms with Gasteiger partial charge in [-0.1, -0.05) is 48.0 Å². The highest BCUT2D eigenvalue weighted by atomic mass is 32.2. The van der Waals surface area contributed by atoms with Crippen molar-refractivity contribution in [3.8, 4) is 0 Å². The molecule has 2 amide bonds. The summed E-state index contributed by atoms with van der Waals surface area (Å²) in [7, 11) is 0. The van der Waals surface area contributed by atoms with Crippen LogP contribution < -0.4 is 4.90 Å². The maximum atomic E-state index is 13.2. The Labute approximate surface area is 168 Å². The van der Waals surface area contributed by atoms with Crippen molar-refractivity contribution in [2.75, 3.05) is 4.90 Å². The average Bonchev–Trinajstić information content (AvgIpc) is 2.91. The van der Waals surface area contributed by atoms with Crippen LogP contribution in [-0.2, 0) is 5.75 Å². The first-order chi connectivity index (χ1) is 13.5. The van der Waals surface area contributed by atoms with Gasteiger partial charge in [0.25, 0.3) is 11.8 Å². The van der Waals surface area contributed by atoms with Crippen molar-refractivity contribution in [2.45, 2.75) is 31.6 Å². The zero-order valence-corrected chi connectivity index (χ0v) is 16.8. The van der Waals surface area contributed by atoms with E-state index in [1.165, 1.54) is 16.7 Å². The first-order valence-electron chi connectivity index (χ1n) is 9.10. The molecule has 4 nitrogen and oxygen atoms in total. The summed E-state index contributed by atoms with van der Waals surface area (Å²) in [5.41, 5.74) is 5.36. The first kappa shape index (κ1) is 18.4. The normalized spacial score (nSPS) is 13.2. The number of imide groups is 1. The number of carbonyl (C=O) groups excluding carboxylic acids is 2. The molecule has 140 valence electrons. The van der Waals surface area contributed by atoms with E-state index in [-0.39, 0.29) is 11.8 Å². The predicted octanol–water partition coefficient (Wildman–Crippen LogP) is 5.10. The van der Waals surface area contributed by atoms with Crippen molar-refractivity contribution >= 4 is 29.3 Å². The van der Waals surface area contributed by atoms with E-state index >= 15 is 0 Å². The molecule has 0 spiro atoms. The van der Waals surface area contributed by atoms with Gasteiger partial charge < -0.3 is 0 Å². The molecule has 28 heavy (non-hydrogen) atoms. The molecule has 0 fully saturated rings. The lowest BCUT2D eigenvalue weighted by molar-refractivity contribution is 0.0925. The number of carbonyl (C=O) groups is 2. The Morgan fingerprint density at radius 3 is 2.39 bits per heavy atom. The second-order valence-electron chi connectivity index (χ2n) is 7.00. The summed E-state index contributed by atoms with van der Waals surface area (Å²) in [6.07, 6.45) is 0. The Balaban J connectivity index is 1.73. The van der Waals surface area contributed by atoms with Crippen LogP contribution in [0.15, 0.2) is 59.6 Å². The number of rotatable bonds is 4. The summed E-state index contributed by atoms with van der Waals surface area (Å²) in [4.78, 5) is 32.2. The summed E-state index contributed by atoms with van der Waals surface area (Å²) in [5.74, 6) is 0.114. The molecule has 0 bridgehead atoms. The fourth-order valence-corrected chi connectivity index (χ4v) is 4.50. The highest BCUT2D eigenvalue weighted by Gasteiger charge is 2.40. The number of amides is 2. The van der Waals surface area contributed by atoms with Crippen molar-refractivity contribution in [1.29, 1.82) is 0 Å². The molecule has 0 unspecified atom stereocenters. The van der Waals surface area contributed by atoms with Gasteiger partial charge in [0.05, 0.1) is 16.8 Å². The monoisotopic (exact) mass is 388 g/mol. The van der Waals surface area contributed by atoms with Gasteiger partial charge in [0.2, 0.25) is 0 Å². The lowest BCUT2D eigenvalue weighted by Crippen LogP contribution is -2.30. The highest BCUT2D eigenvalue weighted by molar-refractivity contribution is 7.98. The van der Waals surface area contributed by atoms with Gasteiger partial charge in [0.15, 0.2) is 0 Å². The molecule has 5 heteroatoms. The molecule has 0 radical (unpaired) electrons. The summed E-state index contributed by atoms with van der Waals surface area (Å²) < 4.78 is 0. The number of hydrogen-bond donors (Lipinski definition) is 0. The molecule has 1 aliphatic rings. The number of pyridine rings is 1. The average molecular weight is 388 g/mol. The number of nitrogens with zero attached hydrogens (tertiary/aromatic N) is 2. The van der Waals surface area contributed by atoms with Crippen LogP contribution in [0.1, 0.15) is 43.1 Å². The third kappa shape index (κ3) is 3.22. The molecule has 2 heterocycles. The smallest absolute Gasteiger partial charge is 0.268 e. The van der Waals surface area contributed by atoms with Crippen LogP contribution in [0, 0.1) is 20.8 Å². The molecule has 4 rings (SSSR count). The number of aryl methyl sites for hydroxylation is 3. The maximum Gasteiger partial charge on any atom is 0.268 e. The molecule has 3 aromatic rings. The lowest BCUT2D eigenvalue weighted by Gasteiger charge is -2.17. The second kappa shape index (κ2) is 7.24. The number of thioether (sulfide) groups is 1. The number of hydrogen-bond acceptors (Lipinski definition) is 4. The van der Waals surface area contributed by atoms with Gasteiger partial charge in [0, 0.05) is 11.4 Å². The Morgan fingerprint density at radius 2 is 1.68 bits per heavy atom. The van der Waals surface area contributed by atoms with Crippen LogP contribution in [-0.4, -0.2) is 16.8 Å². The summed E-state index contributed by atoms with van der Waals surface area (Å²) in [6.45, 7) is 5.76. The SMILES string of the molecule is Cc1ccc(N2C(=O)c3cc(C)nc(SCc4ccccc4)c3C2=O)c(C)c1. The van der Waals surface area contributed by atoms with Crippen LogP contribution in [0.4, 0.5) is 5.69 Å². The topological polar surface area (TPSA) is 50.3 Å². The molecule has 0 saturated carbocycles. The van der Waals surface area contributed by atoms with Crippen LogP contribution in [0.25, 0.3) is 0 Å². The van der Waals surface area contributed by atoms with Crippen LogP contribution in [0.5, 0.6) is 0 Å². The standard InChI is InChI=1S/C23H20N2O2S/c1-14-9-10-19(15(2)11-14)25-22(26)18-12-16(3)24-21(20(18)23(25)27)28-13-17-7-5-4-6-8-17/h4-12H,13H2,1-3H3. The molecular formula is C23H20N2O2S. The van der Waals surface area contributed by atoms with E-state index in [0.29, 0.717) is 27.6 Å². The van der Waals surface area contributed by atoms with Crippen LogP contribution >= 0.6 is 11.8 Å². The van der Waals surface area contributed by atoms with E-state index in [2.05, 4.69) is 4.98 Å². The quantitative estimate of drug-likeness (QED) is 0.461. The van der Waals surface area contributed by atoms with Crippen molar-refractivity contribution < 1.29 is 9.59 Å². The van der Waals surface area contributed by atoms with Crippen LogP contribution in [0.3, 0.4) is 0 Å². The van der Waals surface area contributed by atoms with E-state index in [4.69, 9.17) is 0 Å². The van der Waals surface area contributed by atoms with Crippen molar-refractivity contribution in [2.24, 2.45) is 0 Å². The molecule has 0 aliphatic carbocycles. The minimum Gasteiger partial charge on any atom is -0.268 e. The van der Waals surface area contributed by atoms with Gasteiger partial charge in [-0.15, -0.1) is 11.8 Å². The van der Waals surface area contributed by atoms with E-state index in [1.54, 1.807) is 6.07 Å². The molecule has 1 aliphatic heterocycles. The number of fused-ring (bicyclic) bond motifs is 1. The Morgan fingerprint density at radius 1 is 0.929 bits per heavy atom. The lowest BCUT2D eigenvalue weighted by atomic mass is 10.1. The molecule has 0 saturated heterocycles. The summed E-state index contributed by atoms with van der Waals surface area (Å²) in [5, 5.41) is 0.615. The Hall–Kier alpha value is -2.92. The van der Waals surface area contributed by atoms with Gasteiger partial charge in [-0.3, -0.25) is 9.59 Å². The predicted molar refractivity (Wildman–Crippen MR) is 112 cm³/mol. The van der Waals surface area contributed by atoms with Gasteiger partial charge in [-0.2, -0.15) is 0 Å². The second-order valence-corrected chi connectivity index (χ2v) is 7.97. The van der Waals surface area contributed by atoms with Crippen molar-refractivity contribution in [3.05, 3.63) is 88.1 Å². The Bertz CT molecular complexity index is 1090. The first-order valence-corrected chi connectivity index (χ1v) is 10.1. The van der Waals surface area contributed by atoms with Gasteiger partial charge >= 0.3 is 0 Å². The summed E-state index contributed by atoms with van der Waals surface area (Å²) in [6, 6.07) is 17.5. The summed E-state index contributed by atoms with van der Waals surface area (Å²) >= 11 is 1.49. The fourth-order valence-electron chi connectivity index (χ4n) is 3.45. The molecule has 2 aromatic carbocycles. The largest absolute Gasteiger partial charge is 0.268 e. The zero-order valence-electron chi connectivity index (χ0n) is 16.0. The molecule has 0 atom stereocenters. The van der Waals surface area contributed by atoms with Crippen LogP contribution in [0.2, 0.25) is 0 Å². The maximum absolute atomic E-state index is 13.2. The number of aromatic nitrogens is 1. The van der Waals surface area contributed by atoms with Crippen molar-refractivity contribution in [3.63, 3.8) is 0 Å². The minimum atomic E-state index is -0.296. The minimum absolute atomic E-state index is 0.279. The molecular weight excluding hydrogens is 368 g/mol. The van der Waals surface area contributed by atoms with E-state index in [0.717, 1.165) is 22.4 Å². The molecule has 1 aromatic heterocycles. The number of benzene rings is 2. The van der Waals surface area contributed by atoms with Crippen molar-refractivity contribution in [1.82, 2.24) is 4.98 Å². The van der Waals surface area contributed by atoms with E-state index in [9.17, 15) is 9.59 Å². The fraction of sp³-hybridized carbons (Fsp3) is 0.174. The van der Waals surface area contributed by atoms with Gasteiger partial charge in [0.1, 0.15) is 5.03 Å². The number of anilines is 1. The molecule has 0 N–H and O–H groups in total. The Kier molecular flexibility index (Phi) is 4.77. The third-order valence-electron chi connectivity index (χ3n) is 4.78. The van der Waals surface area contributed by atoms with E-state index < -0.39 is 0 Å². The highest BCUT2D eigenvalue weighted by Crippen LogP contribution is 2.36.